The van der Waals surface area contributed by atoms with Crippen molar-refractivity contribution in [1.29, 1.82) is 0 Å². The Labute approximate surface area is 121 Å². The van der Waals surface area contributed by atoms with Crippen LogP contribution in [-0.2, 0) is 12.8 Å². The van der Waals surface area contributed by atoms with Crippen molar-refractivity contribution in [1.82, 2.24) is 9.97 Å². The monoisotopic (exact) mass is 281 g/mol. The quantitative estimate of drug-likeness (QED) is 0.806. The highest BCUT2D eigenvalue weighted by molar-refractivity contribution is 6.21. The van der Waals surface area contributed by atoms with Crippen molar-refractivity contribution in [3.63, 3.8) is 0 Å². The molecule has 0 fully saturated rings. The molecule has 106 valence electrons. The number of aromatic nitrogens is 2. The molecule has 4 heteroatoms. The number of hydrogen-bond donors (Lipinski definition) is 1. The van der Waals surface area contributed by atoms with E-state index in [-0.39, 0.29) is 5.38 Å². The standard InChI is InChI=1S/C15H24ClN3/c1-3-11(4-2)13(16)9-17-15-12-7-5-6-8-14(12)18-10-19-15/h10-11,13H,3-9H2,1-2H3,(H,17,18,19). The summed E-state index contributed by atoms with van der Waals surface area (Å²) in [4.78, 5) is 8.78. The van der Waals surface area contributed by atoms with Gasteiger partial charge in [-0.25, -0.2) is 9.97 Å². The van der Waals surface area contributed by atoms with Crippen LogP contribution in [0.2, 0.25) is 0 Å². The van der Waals surface area contributed by atoms with Gasteiger partial charge in [0.05, 0.1) is 5.38 Å². The number of hydrogen-bond acceptors (Lipinski definition) is 3. The maximum Gasteiger partial charge on any atom is 0.132 e. The second kappa shape index (κ2) is 7.09. The zero-order valence-electron chi connectivity index (χ0n) is 12.0. The second-order valence-corrected chi connectivity index (χ2v) is 5.89. The summed E-state index contributed by atoms with van der Waals surface area (Å²) < 4.78 is 0. The SMILES string of the molecule is CCC(CC)C(Cl)CNc1ncnc2c1CCCC2. The van der Waals surface area contributed by atoms with Crippen molar-refractivity contribution in [2.24, 2.45) is 5.92 Å². The minimum absolute atomic E-state index is 0.171. The van der Waals surface area contributed by atoms with Gasteiger partial charge in [0, 0.05) is 17.8 Å². The molecule has 0 bridgehead atoms. The van der Waals surface area contributed by atoms with Crippen LogP contribution in [0, 0.1) is 5.92 Å². The fourth-order valence-electron chi connectivity index (χ4n) is 2.83. The van der Waals surface area contributed by atoms with Crippen molar-refractivity contribution in [2.45, 2.75) is 57.7 Å². The van der Waals surface area contributed by atoms with E-state index in [0.717, 1.165) is 38.0 Å². The molecule has 0 aromatic carbocycles. The fourth-order valence-corrected chi connectivity index (χ4v) is 3.27. The smallest absolute Gasteiger partial charge is 0.132 e. The van der Waals surface area contributed by atoms with E-state index in [1.165, 1.54) is 24.1 Å². The van der Waals surface area contributed by atoms with Crippen LogP contribution >= 0.6 is 11.6 Å². The van der Waals surface area contributed by atoms with Gasteiger partial charge in [-0.1, -0.05) is 26.7 Å². The van der Waals surface area contributed by atoms with E-state index in [4.69, 9.17) is 11.6 Å². The molecule has 0 spiro atoms. The summed E-state index contributed by atoms with van der Waals surface area (Å²) in [6.07, 6.45) is 8.61. The van der Waals surface area contributed by atoms with Gasteiger partial charge in [-0.2, -0.15) is 0 Å². The van der Waals surface area contributed by atoms with Crippen LogP contribution in [0.15, 0.2) is 6.33 Å². The summed E-state index contributed by atoms with van der Waals surface area (Å²) in [7, 11) is 0. The van der Waals surface area contributed by atoms with E-state index in [0.29, 0.717) is 5.92 Å². The number of nitrogens with zero attached hydrogens (tertiary/aromatic N) is 2. The van der Waals surface area contributed by atoms with Crippen molar-refractivity contribution in [3.05, 3.63) is 17.6 Å². The Bertz CT molecular complexity index is 404. The Morgan fingerprint density at radius 3 is 2.68 bits per heavy atom. The van der Waals surface area contributed by atoms with Gasteiger partial charge in [-0.15, -0.1) is 11.6 Å². The molecule has 1 aromatic rings. The molecule has 2 rings (SSSR count). The number of fused-ring (bicyclic) bond motifs is 1. The maximum absolute atomic E-state index is 6.47. The topological polar surface area (TPSA) is 37.8 Å². The Hall–Kier alpha value is -0.830. The highest BCUT2D eigenvalue weighted by atomic mass is 35.5. The highest BCUT2D eigenvalue weighted by Crippen LogP contribution is 2.25. The average Bonchev–Trinajstić information content (AvgIpc) is 2.46. The van der Waals surface area contributed by atoms with Crippen molar-refractivity contribution >= 4 is 17.4 Å². The van der Waals surface area contributed by atoms with Gasteiger partial charge < -0.3 is 5.32 Å². The molecule has 1 atom stereocenters. The van der Waals surface area contributed by atoms with Gasteiger partial charge in [-0.05, 0) is 31.6 Å². The van der Waals surface area contributed by atoms with Gasteiger partial charge >= 0.3 is 0 Å². The van der Waals surface area contributed by atoms with E-state index in [9.17, 15) is 0 Å². The van der Waals surface area contributed by atoms with Crippen LogP contribution in [0.1, 0.15) is 50.8 Å². The van der Waals surface area contributed by atoms with Gasteiger partial charge in [0.25, 0.3) is 0 Å². The minimum atomic E-state index is 0.171. The number of nitrogens with one attached hydrogen (secondary N) is 1. The van der Waals surface area contributed by atoms with Crippen LogP contribution in [-0.4, -0.2) is 21.9 Å². The Kier molecular flexibility index (Phi) is 5.44. The molecular weight excluding hydrogens is 258 g/mol. The fraction of sp³-hybridized carbons (Fsp3) is 0.733. The van der Waals surface area contributed by atoms with Gasteiger partial charge in [0.1, 0.15) is 12.1 Å². The molecule has 0 saturated heterocycles. The van der Waals surface area contributed by atoms with E-state index in [1.807, 2.05) is 0 Å². The molecule has 0 radical (unpaired) electrons. The van der Waals surface area contributed by atoms with Gasteiger partial charge in [0.2, 0.25) is 0 Å². The highest BCUT2D eigenvalue weighted by Gasteiger charge is 2.18. The maximum atomic E-state index is 6.47. The predicted octanol–water partition coefficient (Wildman–Crippen LogP) is 3.81. The summed E-state index contributed by atoms with van der Waals surface area (Å²) >= 11 is 6.47. The van der Waals surface area contributed by atoms with E-state index < -0.39 is 0 Å². The predicted molar refractivity (Wildman–Crippen MR) is 80.9 cm³/mol. The third-order valence-corrected chi connectivity index (χ3v) is 4.66. The van der Waals surface area contributed by atoms with Gasteiger partial charge in [0.15, 0.2) is 0 Å². The van der Waals surface area contributed by atoms with E-state index in [2.05, 4.69) is 29.1 Å². The normalized spacial score (nSPS) is 16.2. The molecule has 1 aromatic heterocycles. The number of alkyl halides is 1. The molecule has 1 N–H and O–H groups in total. The largest absolute Gasteiger partial charge is 0.368 e. The Morgan fingerprint density at radius 2 is 1.95 bits per heavy atom. The van der Waals surface area contributed by atoms with Crippen LogP contribution in [0.25, 0.3) is 0 Å². The first-order valence-electron chi connectivity index (χ1n) is 7.46. The molecular formula is C15H24ClN3. The molecule has 0 amide bonds. The summed E-state index contributed by atoms with van der Waals surface area (Å²) in [6.45, 7) is 5.20. The molecule has 3 nitrogen and oxygen atoms in total. The van der Waals surface area contributed by atoms with Crippen molar-refractivity contribution in [2.75, 3.05) is 11.9 Å². The van der Waals surface area contributed by atoms with Crippen LogP contribution in [0.3, 0.4) is 0 Å². The summed E-state index contributed by atoms with van der Waals surface area (Å²) in [5.74, 6) is 1.58. The minimum Gasteiger partial charge on any atom is -0.368 e. The molecule has 1 unspecified atom stereocenters. The first-order chi connectivity index (χ1) is 9.26. The molecule has 19 heavy (non-hydrogen) atoms. The molecule has 0 aliphatic heterocycles. The van der Waals surface area contributed by atoms with Crippen LogP contribution in [0.4, 0.5) is 5.82 Å². The lowest BCUT2D eigenvalue weighted by Crippen LogP contribution is -2.24. The number of rotatable bonds is 6. The lowest BCUT2D eigenvalue weighted by atomic mass is 9.96. The summed E-state index contributed by atoms with van der Waals surface area (Å²) in [5, 5.41) is 3.61. The van der Waals surface area contributed by atoms with E-state index >= 15 is 0 Å². The first-order valence-corrected chi connectivity index (χ1v) is 7.90. The summed E-state index contributed by atoms with van der Waals surface area (Å²) in [5.41, 5.74) is 2.53. The third kappa shape index (κ3) is 3.59. The van der Waals surface area contributed by atoms with Crippen LogP contribution < -0.4 is 5.32 Å². The number of halogens is 1. The van der Waals surface area contributed by atoms with Gasteiger partial charge in [-0.3, -0.25) is 0 Å². The zero-order chi connectivity index (χ0) is 13.7. The number of anilines is 1. The molecule has 0 saturated carbocycles. The summed E-state index contributed by atoms with van der Waals surface area (Å²) in [6, 6.07) is 0. The molecule has 1 aliphatic carbocycles. The number of aryl methyl sites for hydroxylation is 1. The first kappa shape index (κ1) is 14.6. The third-order valence-electron chi connectivity index (χ3n) is 4.15. The van der Waals surface area contributed by atoms with Crippen LogP contribution in [0.5, 0.6) is 0 Å². The lowest BCUT2D eigenvalue weighted by molar-refractivity contribution is 0.475. The molecule has 1 heterocycles. The zero-order valence-corrected chi connectivity index (χ0v) is 12.7. The van der Waals surface area contributed by atoms with Crippen molar-refractivity contribution in [3.8, 4) is 0 Å². The lowest BCUT2D eigenvalue weighted by Gasteiger charge is -2.22. The Morgan fingerprint density at radius 1 is 1.21 bits per heavy atom. The molecule has 1 aliphatic rings. The second-order valence-electron chi connectivity index (χ2n) is 5.33. The van der Waals surface area contributed by atoms with E-state index in [1.54, 1.807) is 6.33 Å². The Balaban J connectivity index is 2.00. The average molecular weight is 282 g/mol. The van der Waals surface area contributed by atoms with Crippen molar-refractivity contribution < 1.29 is 0 Å².